The topological polar surface area (TPSA) is 56.1 Å². The van der Waals surface area contributed by atoms with Crippen LogP contribution in [-0.4, -0.2) is 36.0 Å². The molecule has 0 aromatic rings. The van der Waals surface area contributed by atoms with Gasteiger partial charge in [-0.25, -0.2) is 0 Å². The van der Waals surface area contributed by atoms with Crippen molar-refractivity contribution in [2.45, 2.75) is 64.5 Å². The van der Waals surface area contributed by atoms with E-state index in [1.807, 2.05) is 20.9 Å². The summed E-state index contributed by atoms with van der Waals surface area (Å²) >= 11 is 0. The van der Waals surface area contributed by atoms with Gasteiger partial charge in [-0.15, -0.1) is 0 Å². The molecule has 0 bridgehead atoms. The lowest BCUT2D eigenvalue weighted by Gasteiger charge is -2.32. The minimum atomic E-state index is -0.773. The molecule has 1 N–H and O–H groups in total. The molecule has 1 aliphatic rings. The number of carbonyl (C=O) groups is 1. The van der Waals surface area contributed by atoms with Gasteiger partial charge < -0.3 is 5.32 Å². The second-order valence-corrected chi connectivity index (χ2v) is 6.22. The molecule has 1 rings (SSSR count). The molecule has 0 radical (unpaired) electrons. The number of hydrogen-bond acceptors (Lipinski definition) is 3. The van der Waals surface area contributed by atoms with Gasteiger partial charge in [0.15, 0.2) is 0 Å². The predicted molar refractivity (Wildman–Crippen MR) is 76.5 cm³/mol. The molecule has 1 atom stereocenters. The van der Waals surface area contributed by atoms with Gasteiger partial charge in [0.1, 0.15) is 5.54 Å². The first-order chi connectivity index (χ1) is 8.89. The summed E-state index contributed by atoms with van der Waals surface area (Å²) in [5, 5.41) is 12.1. The number of hydrogen-bond donors (Lipinski definition) is 1. The largest absolute Gasteiger partial charge is 0.337 e. The third-order valence-electron chi connectivity index (χ3n) is 4.38. The lowest BCUT2D eigenvalue weighted by Crippen LogP contribution is -2.52. The van der Waals surface area contributed by atoms with E-state index in [0.717, 1.165) is 0 Å². The second-order valence-electron chi connectivity index (χ2n) is 6.22. The van der Waals surface area contributed by atoms with Crippen LogP contribution in [0, 0.1) is 17.2 Å². The van der Waals surface area contributed by atoms with Crippen molar-refractivity contribution in [3.63, 3.8) is 0 Å². The third-order valence-corrected chi connectivity index (χ3v) is 4.38. The van der Waals surface area contributed by atoms with Crippen LogP contribution in [0.2, 0.25) is 0 Å². The Balaban J connectivity index is 2.48. The molecule has 0 spiro atoms. The van der Waals surface area contributed by atoms with Gasteiger partial charge in [0.05, 0.1) is 12.6 Å². The number of amides is 1. The van der Waals surface area contributed by atoms with E-state index in [0.29, 0.717) is 12.6 Å². The van der Waals surface area contributed by atoms with Crippen molar-refractivity contribution in [3.8, 4) is 6.07 Å². The van der Waals surface area contributed by atoms with Gasteiger partial charge in [0.25, 0.3) is 0 Å². The van der Waals surface area contributed by atoms with Crippen LogP contribution < -0.4 is 5.32 Å². The average Bonchev–Trinajstić information content (AvgIpc) is 2.39. The van der Waals surface area contributed by atoms with Crippen LogP contribution >= 0.6 is 0 Å². The molecule has 0 saturated heterocycles. The predicted octanol–water partition coefficient (Wildman–Crippen LogP) is 2.31. The Bertz CT molecular complexity index is 342. The minimum absolute atomic E-state index is 0.0502. The molecule has 0 aromatic heterocycles. The summed E-state index contributed by atoms with van der Waals surface area (Å²) in [5.74, 6) is 0.0484. The van der Waals surface area contributed by atoms with Crippen molar-refractivity contribution in [2.24, 2.45) is 5.92 Å². The van der Waals surface area contributed by atoms with Gasteiger partial charge in [-0.1, -0.05) is 33.1 Å². The maximum absolute atomic E-state index is 12.1. The number of nitrogens with one attached hydrogen (secondary N) is 1. The van der Waals surface area contributed by atoms with Crippen molar-refractivity contribution >= 4 is 5.91 Å². The molecule has 4 nitrogen and oxygen atoms in total. The molecule has 1 fully saturated rings. The quantitative estimate of drug-likeness (QED) is 0.830. The summed E-state index contributed by atoms with van der Waals surface area (Å²) in [7, 11) is 2.01. The van der Waals surface area contributed by atoms with Gasteiger partial charge in [0.2, 0.25) is 5.91 Å². The molecular formula is C15H27N3O. The van der Waals surface area contributed by atoms with Crippen molar-refractivity contribution in [2.75, 3.05) is 13.6 Å². The minimum Gasteiger partial charge on any atom is -0.337 e. The van der Waals surface area contributed by atoms with Crippen LogP contribution in [-0.2, 0) is 4.79 Å². The molecule has 1 unspecified atom stereocenters. The van der Waals surface area contributed by atoms with Crippen LogP contribution in [0.25, 0.3) is 0 Å². The fourth-order valence-corrected chi connectivity index (χ4v) is 2.51. The molecule has 1 saturated carbocycles. The molecule has 19 heavy (non-hydrogen) atoms. The summed E-state index contributed by atoms with van der Waals surface area (Å²) in [6, 6.07) is 2.73. The number of rotatable bonds is 5. The zero-order chi connectivity index (χ0) is 14.5. The SMILES string of the molecule is CC(C)C(C)(C#N)NC(=O)CN(C)C1CCCCC1. The Labute approximate surface area is 117 Å². The van der Waals surface area contributed by atoms with E-state index < -0.39 is 5.54 Å². The molecule has 0 heterocycles. The van der Waals surface area contributed by atoms with E-state index >= 15 is 0 Å². The highest BCUT2D eigenvalue weighted by Crippen LogP contribution is 2.21. The van der Waals surface area contributed by atoms with Gasteiger partial charge in [0, 0.05) is 6.04 Å². The fraction of sp³-hybridized carbons (Fsp3) is 0.867. The first-order valence-corrected chi connectivity index (χ1v) is 7.31. The highest BCUT2D eigenvalue weighted by molar-refractivity contribution is 5.79. The summed E-state index contributed by atoms with van der Waals surface area (Å²) in [4.78, 5) is 14.2. The van der Waals surface area contributed by atoms with Gasteiger partial charge in [-0.05, 0) is 32.7 Å². The number of carbonyl (C=O) groups excluding carboxylic acids is 1. The lowest BCUT2D eigenvalue weighted by atomic mass is 9.90. The van der Waals surface area contributed by atoms with E-state index in [2.05, 4.69) is 16.3 Å². The molecule has 4 heteroatoms. The molecule has 1 amide bonds. The van der Waals surface area contributed by atoms with Crippen LogP contribution in [0.4, 0.5) is 0 Å². The second kappa shape index (κ2) is 6.91. The maximum atomic E-state index is 12.1. The Morgan fingerprint density at radius 2 is 2.00 bits per heavy atom. The maximum Gasteiger partial charge on any atom is 0.235 e. The van der Waals surface area contributed by atoms with Crippen molar-refractivity contribution in [1.82, 2.24) is 10.2 Å². The summed E-state index contributed by atoms with van der Waals surface area (Å²) in [6.45, 7) is 6.08. The van der Waals surface area contributed by atoms with E-state index in [1.165, 1.54) is 32.1 Å². The third kappa shape index (κ3) is 4.50. The van der Waals surface area contributed by atoms with Crippen molar-refractivity contribution < 1.29 is 4.79 Å². The van der Waals surface area contributed by atoms with Crippen LogP contribution in [0.15, 0.2) is 0 Å². The zero-order valence-electron chi connectivity index (χ0n) is 12.7. The number of likely N-dealkylation sites (N-methyl/N-ethyl adjacent to an activating group) is 1. The standard InChI is InChI=1S/C15H27N3O/c1-12(2)15(3,11-16)17-14(19)10-18(4)13-8-6-5-7-9-13/h12-13H,5-10H2,1-4H3,(H,17,19). The lowest BCUT2D eigenvalue weighted by molar-refractivity contribution is -0.124. The Kier molecular flexibility index (Phi) is 5.81. The molecular weight excluding hydrogens is 238 g/mol. The van der Waals surface area contributed by atoms with E-state index in [1.54, 1.807) is 6.92 Å². The highest BCUT2D eigenvalue weighted by Gasteiger charge is 2.30. The summed E-state index contributed by atoms with van der Waals surface area (Å²) in [5.41, 5.74) is -0.773. The van der Waals surface area contributed by atoms with E-state index in [-0.39, 0.29) is 11.8 Å². The van der Waals surface area contributed by atoms with E-state index in [9.17, 15) is 10.1 Å². The van der Waals surface area contributed by atoms with Gasteiger partial charge >= 0.3 is 0 Å². The highest BCUT2D eigenvalue weighted by atomic mass is 16.2. The van der Waals surface area contributed by atoms with Crippen molar-refractivity contribution in [1.29, 1.82) is 5.26 Å². The van der Waals surface area contributed by atoms with Gasteiger partial charge in [-0.3, -0.25) is 9.69 Å². The Morgan fingerprint density at radius 3 is 2.47 bits per heavy atom. The molecule has 0 aromatic carbocycles. The van der Waals surface area contributed by atoms with E-state index in [4.69, 9.17) is 0 Å². The monoisotopic (exact) mass is 265 g/mol. The Morgan fingerprint density at radius 1 is 1.42 bits per heavy atom. The molecule has 0 aliphatic heterocycles. The Hall–Kier alpha value is -1.08. The first-order valence-electron chi connectivity index (χ1n) is 7.31. The molecule has 1 aliphatic carbocycles. The van der Waals surface area contributed by atoms with Gasteiger partial charge in [-0.2, -0.15) is 5.26 Å². The average molecular weight is 265 g/mol. The number of nitriles is 1. The zero-order valence-corrected chi connectivity index (χ0v) is 12.7. The van der Waals surface area contributed by atoms with Crippen LogP contribution in [0.1, 0.15) is 52.9 Å². The normalized spacial score (nSPS) is 20.1. The number of nitrogens with zero attached hydrogens (tertiary/aromatic N) is 2. The van der Waals surface area contributed by atoms with Crippen LogP contribution in [0.5, 0.6) is 0 Å². The first kappa shape index (κ1) is 16.0. The molecule has 108 valence electrons. The fourth-order valence-electron chi connectivity index (χ4n) is 2.51. The smallest absolute Gasteiger partial charge is 0.235 e. The summed E-state index contributed by atoms with van der Waals surface area (Å²) in [6.07, 6.45) is 6.21. The van der Waals surface area contributed by atoms with Crippen LogP contribution in [0.3, 0.4) is 0 Å². The van der Waals surface area contributed by atoms with Crippen molar-refractivity contribution in [3.05, 3.63) is 0 Å². The summed E-state index contributed by atoms with van der Waals surface area (Å²) < 4.78 is 0.